The van der Waals surface area contributed by atoms with Gasteiger partial charge in [0.05, 0.1) is 6.42 Å². The summed E-state index contributed by atoms with van der Waals surface area (Å²) in [4.78, 5) is 32.0. The number of hydrogen-bond acceptors (Lipinski definition) is 7. The maximum absolute atomic E-state index is 12.2. The van der Waals surface area contributed by atoms with Crippen LogP contribution in [0.25, 0.3) is 0 Å². The predicted octanol–water partition coefficient (Wildman–Crippen LogP) is 1.79. The lowest BCUT2D eigenvalue weighted by atomic mass is 10.2. The number of ether oxygens (including phenoxy) is 4. The largest absolute Gasteiger partial charge is 0.491 e. The number of carbonyl (C=O) groups excluding carboxylic acids is 3. The van der Waals surface area contributed by atoms with E-state index in [2.05, 4.69) is 18.9 Å². The second kappa shape index (κ2) is 7.77. The molecule has 1 saturated heterocycles. The molecule has 1 heterocycles. The summed E-state index contributed by atoms with van der Waals surface area (Å²) in [5.74, 6) is -8.45. The summed E-state index contributed by atoms with van der Waals surface area (Å²) in [6.45, 7) is -1.45. The molecule has 1 aliphatic rings. The second-order valence-corrected chi connectivity index (χ2v) is 4.78. The van der Waals surface area contributed by atoms with E-state index in [1.165, 1.54) is 0 Å². The van der Waals surface area contributed by atoms with Crippen LogP contribution in [0.15, 0.2) is 0 Å². The first-order valence-electron chi connectivity index (χ1n) is 6.47. The highest BCUT2D eigenvalue weighted by atomic mass is 19.4. The van der Waals surface area contributed by atoms with Gasteiger partial charge in [-0.25, -0.2) is 14.4 Å². The topological polar surface area (TPSA) is 88.1 Å². The van der Waals surface area contributed by atoms with Crippen molar-refractivity contribution in [2.45, 2.75) is 43.4 Å². The Bertz CT molecular complexity index is 580. The molecule has 3 atom stereocenters. The molecule has 0 saturated carbocycles. The Balaban J connectivity index is 2.82. The van der Waals surface area contributed by atoms with E-state index in [-0.39, 0.29) is 0 Å². The minimum Gasteiger partial charge on any atom is -0.456 e. The quantitative estimate of drug-likeness (QED) is 0.388. The van der Waals surface area contributed by atoms with Crippen LogP contribution < -0.4 is 0 Å². The van der Waals surface area contributed by atoms with Crippen molar-refractivity contribution in [2.75, 3.05) is 6.61 Å². The summed E-state index contributed by atoms with van der Waals surface area (Å²) in [6, 6.07) is 0. The fourth-order valence-corrected chi connectivity index (χ4v) is 1.66. The van der Waals surface area contributed by atoms with Crippen LogP contribution in [0, 0.1) is 0 Å². The van der Waals surface area contributed by atoms with E-state index in [1.54, 1.807) is 0 Å². The molecular weight excluding hydrogens is 415 g/mol. The van der Waals surface area contributed by atoms with Crippen LogP contribution in [-0.2, 0) is 33.3 Å². The van der Waals surface area contributed by atoms with Gasteiger partial charge in [0, 0.05) is 0 Å². The van der Waals surface area contributed by atoms with Crippen molar-refractivity contribution in [3.05, 3.63) is 0 Å². The van der Waals surface area contributed by atoms with Crippen LogP contribution in [0.1, 0.15) is 6.42 Å². The molecule has 3 unspecified atom stereocenters. The van der Waals surface area contributed by atoms with Crippen LogP contribution in [0.4, 0.5) is 39.5 Å². The number of halogens is 9. The third kappa shape index (κ3) is 6.76. The van der Waals surface area contributed by atoms with Crippen molar-refractivity contribution in [1.29, 1.82) is 0 Å². The van der Waals surface area contributed by atoms with Crippen molar-refractivity contribution in [1.82, 2.24) is 0 Å². The first kappa shape index (κ1) is 22.8. The van der Waals surface area contributed by atoms with Gasteiger partial charge >= 0.3 is 36.4 Å². The molecule has 1 rings (SSSR count). The van der Waals surface area contributed by atoms with E-state index in [4.69, 9.17) is 0 Å². The average molecular weight is 422 g/mol. The zero-order chi connectivity index (χ0) is 21.2. The summed E-state index contributed by atoms with van der Waals surface area (Å²) in [7, 11) is 0. The lowest BCUT2D eigenvalue weighted by Crippen LogP contribution is -2.38. The minimum atomic E-state index is -5.55. The highest BCUT2D eigenvalue weighted by molar-refractivity contribution is 5.76. The van der Waals surface area contributed by atoms with E-state index in [0.29, 0.717) is 0 Å². The number of alkyl halides is 9. The first-order valence-corrected chi connectivity index (χ1v) is 6.47. The molecule has 16 heteroatoms. The lowest BCUT2D eigenvalue weighted by Gasteiger charge is -2.19. The molecule has 1 fully saturated rings. The number of esters is 3. The molecule has 0 aromatic heterocycles. The van der Waals surface area contributed by atoms with Crippen LogP contribution >= 0.6 is 0 Å². The average Bonchev–Trinajstić information content (AvgIpc) is 2.83. The highest BCUT2D eigenvalue weighted by Gasteiger charge is 2.50. The van der Waals surface area contributed by atoms with Gasteiger partial charge in [-0.3, -0.25) is 0 Å². The SMILES string of the molecule is O=C(OCC1OC(OC(=O)C(F)(F)F)CC1OC(=O)C(F)(F)F)C(F)(F)F. The maximum Gasteiger partial charge on any atom is 0.491 e. The zero-order valence-corrected chi connectivity index (χ0v) is 12.4. The Morgan fingerprint density at radius 3 is 1.67 bits per heavy atom. The monoisotopic (exact) mass is 422 g/mol. The molecule has 0 amide bonds. The predicted molar refractivity (Wildman–Crippen MR) is 58.4 cm³/mol. The molecule has 0 aromatic rings. The van der Waals surface area contributed by atoms with Gasteiger partial charge in [-0.1, -0.05) is 0 Å². The van der Waals surface area contributed by atoms with E-state index in [0.717, 1.165) is 0 Å². The van der Waals surface area contributed by atoms with Crippen molar-refractivity contribution in [3.8, 4) is 0 Å². The van der Waals surface area contributed by atoms with Gasteiger partial charge in [-0.15, -0.1) is 0 Å². The summed E-state index contributed by atoms with van der Waals surface area (Å²) < 4.78 is 125. The van der Waals surface area contributed by atoms with E-state index < -0.39 is 68.0 Å². The Hall–Kier alpha value is -2.26. The standard InChI is InChI=1S/C11H7F9O7/c12-9(13,14)6(21)24-2-4-3(26-7(22)10(15,16)17)1-5(25-4)27-8(23)11(18,19)20/h3-5H,1-2H2. The summed E-state index contributed by atoms with van der Waals surface area (Å²) in [6.07, 6.45) is -24.0. The van der Waals surface area contributed by atoms with E-state index in [1.807, 2.05) is 0 Å². The molecule has 156 valence electrons. The molecule has 0 bridgehead atoms. The van der Waals surface area contributed by atoms with Crippen LogP contribution in [-0.4, -0.2) is 61.5 Å². The first-order chi connectivity index (χ1) is 12.0. The zero-order valence-electron chi connectivity index (χ0n) is 12.4. The van der Waals surface area contributed by atoms with Crippen LogP contribution in [0.3, 0.4) is 0 Å². The van der Waals surface area contributed by atoms with Crippen molar-refractivity contribution in [3.63, 3.8) is 0 Å². The van der Waals surface area contributed by atoms with Gasteiger partial charge in [0.15, 0.2) is 0 Å². The van der Waals surface area contributed by atoms with Gasteiger partial charge in [-0.05, 0) is 0 Å². The Labute approximate surface area is 142 Å². The molecule has 0 spiro atoms. The van der Waals surface area contributed by atoms with E-state index in [9.17, 15) is 53.9 Å². The fourth-order valence-electron chi connectivity index (χ4n) is 1.66. The van der Waals surface area contributed by atoms with Gasteiger partial charge in [-0.2, -0.15) is 39.5 Å². The van der Waals surface area contributed by atoms with Crippen LogP contribution in [0.2, 0.25) is 0 Å². The molecule has 0 aromatic carbocycles. The van der Waals surface area contributed by atoms with Crippen molar-refractivity contribution in [2.24, 2.45) is 0 Å². The van der Waals surface area contributed by atoms with Gasteiger partial charge in [0.1, 0.15) is 18.8 Å². The number of carbonyl (C=O) groups is 3. The molecule has 0 N–H and O–H groups in total. The van der Waals surface area contributed by atoms with Gasteiger partial charge in [0.2, 0.25) is 6.29 Å². The van der Waals surface area contributed by atoms with E-state index >= 15 is 0 Å². The van der Waals surface area contributed by atoms with Crippen molar-refractivity contribution >= 4 is 17.9 Å². The number of hydrogen-bond donors (Lipinski definition) is 0. The summed E-state index contributed by atoms with van der Waals surface area (Å²) in [5, 5.41) is 0. The second-order valence-electron chi connectivity index (χ2n) is 4.78. The maximum atomic E-state index is 12.2. The normalized spacial score (nSPS) is 23.7. The van der Waals surface area contributed by atoms with Crippen LogP contribution in [0.5, 0.6) is 0 Å². The molecule has 1 aliphatic heterocycles. The number of rotatable bonds is 4. The van der Waals surface area contributed by atoms with Crippen molar-refractivity contribution < 1.29 is 72.8 Å². The summed E-state index contributed by atoms with van der Waals surface area (Å²) >= 11 is 0. The molecule has 27 heavy (non-hydrogen) atoms. The third-order valence-electron chi connectivity index (χ3n) is 2.74. The third-order valence-corrected chi connectivity index (χ3v) is 2.74. The fraction of sp³-hybridized carbons (Fsp3) is 0.727. The van der Waals surface area contributed by atoms with Gasteiger partial charge in [0.25, 0.3) is 0 Å². The smallest absolute Gasteiger partial charge is 0.456 e. The Kier molecular flexibility index (Phi) is 6.56. The molecule has 7 nitrogen and oxygen atoms in total. The summed E-state index contributed by atoms with van der Waals surface area (Å²) in [5.41, 5.74) is 0. The molecule has 0 aliphatic carbocycles. The molecule has 0 radical (unpaired) electrons. The molecular formula is C11H7F9O7. The van der Waals surface area contributed by atoms with Gasteiger partial charge < -0.3 is 18.9 Å². The minimum absolute atomic E-state index is 1.09. The Morgan fingerprint density at radius 2 is 1.22 bits per heavy atom. The lowest BCUT2D eigenvalue weighted by molar-refractivity contribution is -0.227. The highest BCUT2D eigenvalue weighted by Crippen LogP contribution is 2.30. The Morgan fingerprint density at radius 1 is 0.778 bits per heavy atom.